The Hall–Kier alpha value is -1.71. The molecule has 0 fully saturated rings. The number of benzene rings is 1. The summed E-state index contributed by atoms with van der Waals surface area (Å²) in [5.41, 5.74) is 8.25. The first-order valence-electron chi connectivity index (χ1n) is 7.11. The van der Waals surface area contributed by atoms with Crippen LogP contribution in [0, 0.1) is 5.92 Å². The van der Waals surface area contributed by atoms with Gasteiger partial charge in [-0.1, -0.05) is 13.8 Å². The SMILES string of the molecule is CC(C)CN(C(=O)c1ccc(N(C)C)c(N)c1)C(C)C. The summed E-state index contributed by atoms with van der Waals surface area (Å²) in [6.45, 7) is 9.07. The molecule has 0 radical (unpaired) electrons. The van der Waals surface area contributed by atoms with E-state index in [1.807, 2.05) is 49.9 Å². The highest BCUT2D eigenvalue weighted by atomic mass is 16.2. The molecule has 0 bridgehead atoms. The van der Waals surface area contributed by atoms with Crippen LogP contribution < -0.4 is 10.6 Å². The Morgan fingerprint density at radius 1 is 1.20 bits per heavy atom. The van der Waals surface area contributed by atoms with E-state index >= 15 is 0 Å². The minimum atomic E-state index is 0.0470. The number of nitrogen functional groups attached to an aromatic ring is 1. The van der Waals surface area contributed by atoms with Gasteiger partial charge < -0.3 is 15.5 Å². The van der Waals surface area contributed by atoms with Crippen LogP contribution >= 0.6 is 0 Å². The minimum absolute atomic E-state index is 0.0470. The van der Waals surface area contributed by atoms with Crippen molar-refractivity contribution in [2.75, 3.05) is 31.3 Å². The molecule has 20 heavy (non-hydrogen) atoms. The third-order valence-electron chi connectivity index (χ3n) is 3.20. The van der Waals surface area contributed by atoms with Crippen molar-refractivity contribution in [1.29, 1.82) is 0 Å². The zero-order chi connectivity index (χ0) is 15.4. The lowest BCUT2D eigenvalue weighted by atomic mass is 10.1. The number of carbonyl (C=O) groups excluding carboxylic acids is 1. The maximum atomic E-state index is 12.6. The standard InChI is InChI=1S/C16H27N3O/c1-11(2)10-19(12(3)4)16(20)13-7-8-15(18(5)6)14(17)9-13/h7-9,11-12H,10,17H2,1-6H3. The van der Waals surface area contributed by atoms with Crippen molar-refractivity contribution in [3.63, 3.8) is 0 Å². The fourth-order valence-electron chi connectivity index (χ4n) is 2.18. The highest BCUT2D eigenvalue weighted by Gasteiger charge is 2.20. The van der Waals surface area contributed by atoms with E-state index in [0.29, 0.717) is 17.2 Å². The second-order valence-electron chi connectivity index (χ2n) is 6.11. The molecule has 0 unspecified atom stereocenters. The summed E-state index contributed by atoms with van der Waals surface area (Å²) in [7, 11) is 3.87. The third kappa shape index (κ3) is 3.89. The summed E-state index contributed by atoms with van der Waals surface area (Å²) in [6, 6.07) is 5.70. The van der Waals surface area contributed by atoms with Crippen LogP contribution in [0.15, 0.2) is 18.2 Å². The van der Waals surface area contributed by atoms with Crippen LogP contribution in [-0.4, -0.2) is 37.5 Å². The summed E-state index contributed by atoms with van der Waals surface area (Å²) in [5.74, 6) is 0.491. The Morgan fingerprint density at radius 2 is 1.80 bits per heavy atom. The van der Waals surface area contributed by atoms with Crippen molar-refractivity contribution < 1.29 is 4.79 Å². The quantitative estimate of drug-likeness (QED) is 0.842. The Labute approximate surface area is 122 Å². The number of hydrogen-bond acceptors (Lipinski definition) is 3. The van der Waals surface area contributed by atoms with E-state index in [-0.39, 0.29) is 11.9 Å². The average Bonchev–Trinajstić information content (AvgIpc) is 2.34. The molecule has 0 saturated heterocycles. The lowest BCUT2D eigenvalue weighted by Gasteiger charge is -2.29. The van der Waals surface area contributed by atoms with Gasteiger partial charge in [-0.25, -0.2) is 0 Å². The molecular formula is C16H27N3O. The molecule has 0 aliphatic rings. The molecule has 0 aromatic heterocycles. The minimum Gasteiger partial charge on any atom is -0.397 e. The topological polar surface area (TPSA) is 49.6 Å². The fraction of sp³-hybridized carbons (Fsp3) is 0.562. The number of carbonyl (C=O) groups is 1. The largest absolute Gasteiger partial charge is 0.397 e. The van der Waals surface area contributed by atoms with E-state index < -0.39 is 0 Å². The normalized spacial score (nSPS) is 11.0. The number of hydrogen-bond donors (Lipinski definition) is 1. The predicted octanol–water partition coefficient (Wildman–Crippen LogP) is 2.84. The van der Waals surface area contributed by atoms with Crippen LogP contribution in [0.25, 0.3) is 0 Å². The number of nitrogens with two attached hydrogens (primary N) is 1. The molecule has 0 aliphatic carbocycles. The number of amides is 1. The van der Waals surface area contributed by atoms with Gasteiger partial charge in [-0.2, -0.15) is 0 Å². The van der Waals surface area contributed by atoms with Gasteiger partial charge in [0.25, 0.3) is 5.91 Å². The van der Waals surface area contributed by atoms with E-state index in [9.17, 15) is 4.79 Å². The second-order valence-corrected chi connectivity index (χ2v) is 6.11. The Morgan fingerprint density at radius 3 is 2.20 bits per heavy atom. The van der Waals surface area contributed by atoms with Gasteiger partial charge in [0.1, 0.15) is 0 Å². The zero-order valence-corrected chi connectivity index (χ0v) is 13.5. The predicted molar refractivity (Wildman–Crippen MR) is 86.2 cm³/mol. The van der Waals surface area contributed by atoms with Gasteiger partial charge >= 0.3 is 0 Å². The lowest BCUT2D eigenvalue weighted by molar-refractivity contribution is 0.0682. The fourth-order valence-corrected chi connectivity index (χ4v) is 2.18. The molecule has 4 nitrogen and oxygen atoms in total. The van der Waals surface area contributed by atoms with E-state index in [2.05, 4.69) is 13.8 Å². The van der Waals surface area contributed by atoms with Crippen LogP contribution in [0.5, 0.6) is 0 Å². The Kier molecular flexibility index (Phi) is 5.43. The molecule has 4 heteroatoms. The summed E-state index contributed by atoms with van der Waals surface area (Å²) < 4.78 is 0. The van der Waals surface area contributed by atoms with Crippen molar-refractivity contribution in [2.45, 2.75) is 33.7 Å². The summed E-state index contributed by atoms with van der Waals surface area (Å²) >= 11 is 0. The van der Waals surface area contributed by atoms with Crippen molar-refractivity contribution in [2.24, 2.45) is 5.92 Å². The smallest absolute Gasteiger partial charge is 0.254 e. The van der Waals surface area contributed by atoms with Crippen LogP contribution in [-0.2, 0) is 0 Å². The van der Waals surface area contributed by atoms with E-state index in [4.69, 9.17) is 5.73 Å². The Bertz CT molecular complexity index is 467. The van der Waals surface area contributed by atoms with Crippen molar-refractivity contribution >= 4 is 17.3 Å². The molecule has 0 atom stereocenters. The highest BCUT2D eigenvalue weighted by molar-refractivity contribution is 5.96. The van der Waals surface area contributed by atoms with Gasteiger partial charge in [0.2, 0.25) is 0 Å². The zero-order valence-electron chi connectivity index (χ0n) is 13.5. The molecule has 0 heterocycles. The molecule has 0 aliphatic heterocycles. The molecule has 0 spiro atoms. The van der Waals surface area contributed by atoms with E-state index in [1.54, 1.807) is 6.07 Å². The molecule has 1 aromatic rings. The molecule has 0 saturated carbocycles. The van der Waals surface area contributed by atoms with Crippen LogP contribution in [0.3, 0.4) is 0 Å². The summed E-state index contributed by atoms with van der Waals surface area (Å²) in [5, 5.41) is 0. The van der Waals surface area contributed by atoms with Gasteiger partial charge in [0.05, 0.1) is 11.4 Å². The van der Waals surface area contributed by atoms with Crippen LogP contribution in [0.2, 0.25) is 0 Å². The third-order valence-corrected chi connectivity index (χ3v) is 3.20. The van der Waals surface area contributed by atoms with Crippen molar-refractivity contribution in [3.05, 3.63) is 23.8 Å². The van der Waals surface area contributed by atoms with Gasteiger partial charge in [-0.3, -0.25) is 4.79 Å². The van der Waals surface area contributed by atoms with Gasteiger partial charge in [-0.15, -0.1) is 0 Å². The molecule has 1 amide bonds. The molecule has 1 aromatic carbocycles. The Balaban J connectivity index is 3.03. The molecule has 112 valence electrons. The lowest BCUT2D eigenvalue weighted by Crippen LogP contribution is -2.39. The number of anilines is 2. The first-order valence-corrected chi connectivity index (χ1v) is 7.11. The maximum absolute atomic E-state index is 12.6. The van der Waals surface area contributed by atoms with Gasteiger partial charge in [-0.05, 0) is 38.0 Å². The van der Waals surface area contributed by atoms with Crippen LogP contribution in [0.1, 0.15) is 38.1 Å². The van der Waals surface area contributed by atoms with E-state index in [1.165, 1.54) is 0 Å². The molecule has 1 rings (SSSR count). The molecule has 2 N–H and O–H groups in total. The second kappa shape index (κ2) is 6.64. The van der Waals surface area contributed by atoms with Crippen molar-refractivity contribution in [1.82, 2.24) is 4.90 Å². The first-order chi connectivity index (χ1) is 9.23. The van der Waals surface area contributed by atoms with E-state index in [0.717, 1.165) is 12.2 Å². The summed E-state index contributed by atoms with van der Waals surface area (Å²) in [6.07, 6.45) is 0. The van der Waals surface area contributed by atoms with Gasteiger partial charge in [0.15, 0.2) is 0 Å². The maximum Gasteiger partial charge on any atom is 0.254 e. The number of rotatable bonds is 5. The summed E-state index contributed by atoms with van der Waals surface area (Å²) in [4.78, 5) is 16.5. The molecular weight excluding hydrogens is 250 g/mol. The first kappa shape index (κ1) is 16.3. The highest BCUT2D eigenvalue weighted by Crippen LogP contribution is 2.23. The van der Waals surface area contributed by atoms with Gasteiger partial charge in [0, 0.05) is 32.2 Å². The average molecular weight is 277 g/mol. The van der Waals surface area contributed by atoms with Crippen LogP contribution in [0.4, 0.5) is 11.4 Å². The van der Waals surface area contributed by atoms with Crippen molar-refractivity contribution in [3.8, 4) is 0 Å². The monoisotopic (exact) mass is 277 g/mol. The number of nitrogens with zero attached hydrogens (tertiary/aromatic N) is 2.